The van der Waals surface area contributed by atoms with Crippen LogP contribution in [0.4, 0.5) is 4.39 Å². The monoisotopic (exact) mass is 533 g/mol. The van der Waals surface area contributed by atoms with Crippen LogP contribution in [-0.2, 0) is 22.1 Å². The highest BCUT2D eigenvalue weighted by molar-refractivity contribution is 7.90. The highest BCUT2D eigenvalue weighted by atomic mass is 32.2. The van der Waals surface area contributed by atoms with E-state index in [2.05, 4.69) is 9.88 Å². The molecule has 0 spiro atoms. The molecule has 0 aliphatic carbocycles. The van der Waals surface area contributed by atoms with Gasteiger partial charge in [-0.05, 0) is 47.5 Å². The van der Waals surface area contributed by atoms with E-state index < -0.39 is 9.84 Å². The topological polar surface area (TPSA) is 79.8 Å². The number of carbonyl (C=O) groups excluding carboxylic acids is 1. The van der Waals surface area contributed by atoms with Gasteiger partial charge in [0.1, 0.15) is 0 Å². The van der Waals surface area contributed by atoms with Gasteiger partial charge in [-0.1, -0.05) is 36.4 Å². The highest BCUT2D eigenvalue weighted by Gasteiger charge is 2.23. The molecule has 5 rings (SSSR count). The third-order valence-corrected chi connectivity index (χ3v) is 8.48. The average molecular weight is 534 g/mol. The fraction of sp³-hybridized carbons (Fsp3) is 0.241. The van der Waals surface area contributed by atoms with Gasteiger partial charge in [0.15, 0.2) is 21.4 Å². The number of amides is 1. The van der Waals surface area contributed by atoms with Crippen molar-refractivity contribution in [2.24, 2.45) is 0 Å². The molecule has 196 valence electrons. The number of hydrogen-bond donors (Lipinski definition) is 0. The standard InChI is InChI=1S/C29H28FN3O4S/c1-37-26-12-9-22(18-25(26)30)19-32-14-16-33(17-15-32)29(34)24-10-7-21(8-11-24)20-38(35,36)27-6-2-4-23-5-3-13-31-28(23)27/h2-13,18H,14-17,19-20H2,1H3. The SMILES string of the molecule is COc1ccc(CN2CCN(C(=O)c3ccc(CS(=O)(=O)c4cccc5cccnc45)cc3)CC2)cc1F. The lowest BCUT2D eigenvalue weighted by Gasteiger charge is -2.34. The summed E-state index contributed by atoms with van der Waals surface area (Å²) in [5.41, 5.74) is 2.43. The number of hydrogen-bond acceptors (Lipinski definition) is 6. The maximum absolute atomic E-state index is 14.0. The average Bonchev–Trinajstić information content (AvgIpc) is 2.93. The van der Waals surface area contributed by atoms with Crippen molar-refractivity contribution in [3.05, 3.63) is 102 Å². The predicted octanol–water partition coefficient (Wildman–Crippen LogP) is 4.31. The van der Waals surface area contributed by atoms with Crippen LogP contribution in [0.5, 0.6) is 5.75 Å². The second-order valence-corrected chi connectivity index (χ2v) is 11.3. The third kappa shape index (κ3) is 5.54. The molecule has 1 aromatic heterocycles. The Morgan fingerprint density at radius 1 is 0.947 bits per heavy atom. The van der Waals surface area contributed by atoms with Gasteiger partial charge >= 0.3 is 0 Å². The first kappa shape index (κ1) is 25.8. The van der Waals surface area contributed by atoms with Crippen molar-refractivity contribution in [3.8, 4) is 5.75 Å². The molecule has 1 saturated heterocycles. The molecule has 1 aliphatic heterocycles. The lowest BCUT2D eigenvalue weighted by atomic mass is 10.1. The van der Waals surface area contributed by atoms with Gasteiger partial charge < -0.3 is 9.64 Å². The number of ether oxygens (including phenoxy) is 1. The smallest absolute Gasteiger partial charge is 0.253 e. The van der Waals surface area contributed by atoms with E-state index in [1.807, 2.05) is 18.2 Å². The zero-order valence-corrected chi connectivity index (χ0v) is 21.8. The van der Waals surface area contributed by atoms with Gasteiger partial charge in [-0.15, -0.1) is 0 Å². The Bertz CT molecular complexity index is 1560. The van der Waals surface area contributed by atoms with Gasteiger partial charge in [0.05, 0.1) is 23.3 Å². The molecule has 3 aromatic carbocycles. The van der Waals surface area contributed by atoms with E-state index in [0.29, 0.717) is 49.4 Å². The summed E-state index contributed by atoms with van der Waals surface area (Å²) in [5.74, 6) is -0.433. The Morgan fingerprint density at radius 2 is 1.66 bits per heavy atom. The highest BCUT2D eigenvalue weighted by Crippen LogP contribution is 2.25. The summed E-state index contributed by atoms with van der Waals surface area (Å²) in [5, 5.41) is 0.769. The van der Waals surface area contributed by atoms with E-state index in [-0.39, 0.29) is 28.1 Å². The lowest BCUT2D eigenvalue weighted by molar-refractivity contribution is 0.0628. The van der Waals surface area contributed by atoms with E-state index in [1.54, 1.807) is 59.6 Å². The molecule has 2 heterocycles. The van der Waals surface area contributed by atoms with E-state index in [4.69, 9.17) is 4.74 Å². The molecule has 4 aromatic rings. The maximum atomic E-state index is 14.0. The number of pyridine rings is 1. The molecular formula is C29H28FN3O4S. The zero-order chi connectivity index (χ0) is 26.7. The van der Waals surface area contributed by atoms with Crippen LogP contribution in [0.3, 0.4) is 0 Å². The van der Waals surface area contributed by atoms with E-state index in [0.717, 1.165) is 10.9 Å². The Kier molecular flexibility index (Phi) is 7.40. The second kappa shape index (κ2) is 10.9. The summed E-state index contributed by atoms with van der Waals surface area (Å²) >= 11 is 0. The van der Waals surface area contributed by atoms with Crippen molar-refractivity contribution in [1.82, 2.24) is 14.8 Å². The number of benzene rings is 3. The van der Waals surface area contributed by atoms with Crippen LogP contribution in [0.2, 0.25) is 0 Å². The molecule has 38 heavy (non-hydrogen) atoms. The van der Waals surface area contributed by atoms with Crippen LogP contribution >= 0.6 is 0 Å². The molecule has 0 saturated carbocycles. The molecule has 0 bridgehead atoms. The van der Waals surface area contributed by atoms with Gasteiger partial charge in [-0.25, -0.2) is 12.8 Å². The first-order valence-corrected chi connectivity index (χ1v) is 14.0. The molecular weight excluding hydrogens is 505 g/mol. The molecule has 0 unspecified atom stereocenters. The number of carbonyl (C=O) groups is 1. The van der Waals surface area contributed by atoms with Gasteiger partial charge in [0.25, 0.3) is 5.91 Å². The predicted molar refractivity (Wildman–Crippen MR) is 143 cm³/mol. The number of para-hydroxylation sites is 1. The number of piperazine rings is 1. The molecule has 1 fully saturated rings. The minimum atomic E-state index is -3.63. The minimum Gasteiger partial charge on any atom is -0.494 e. The number of methoxy groups -OCH3 is 1. The summed E-state index contributed by atoms with van der Waals surface area (Å²) in [6.07, 6.45) is 1.58. The van der Waals surface area contributed by atoms with Crippen molar-refractivity contribution >= 4 is 26.6 Å². The van der Waals surface area contributed by atoms with E-state index in [9.17, 15) is 17.6 Å². The number of aromatic nitrogens is 1. The van der Waals surface area contributed by atoms with Crippen molar-refractivity contribution < 1.29 is 22.3 Å². The molecule has 7 nitrogen and oxygen atoms in total. The Balaban J connectivity index is 1.20. The Labute approximate surface area is 221 Å². The summed E-state index contributed by atoms with van der Waals surface area (Å²) in [6, 6.07) is 20.4. The van der Waals surface area contributed by atoms with Gasteiger partial charge in [0, 0.05) is 49.9 Å². The van der Waals surface area contributed by atoms with Crippen molar-refractivity contribution in [3.63, 3.8) is 0 Å². The summed E-state index contributed by atoms with van der Waals surface area (Å²) in [7, 11) is -2.19. The number of rotatable bonds is 7. The van der Waals surface area contributed by atoms with Crippen LogP contribution in [-0.4, -0.2) is 62.4 Å². The number of nitrogens with zero attached hydrogens (tertiary/aromatic N) is 3. The van der Waals surface area contributed by atoms with Crippen LogP contribution in [0.1, 0.15) is 21.5 Å². The van der Waals surface area contributed by atoms with Crippen LogP contribution in [0.15, 0.2) is 83.9 Å². The number of sulfone groups is 1. The minimum absolute atomic E-state index is 0.0900. The van der Waals surface area contributed by atoms with Crippen molar-refractivity contribution in [2.75, 3.05) is 33.3 Å². The van der Waals surface area contributed by atoms with Crippen LogP contribution in [0.25, 0.3) is 10.9 Å². The van der Waals surface area contributed by atoms with Crippen LogP contribution in [0, 0.1) is 5.82 Å². The quantitative estimate of drug-likeness (QED) is 0.352. The molecule has 0 atom stereocenters. The van der Waals surface area contributed by atoms with Gasteiger partial charge in [-0.3, -0.25) is 14.7 Å². The third-order valence-electron chi connectivity index (χ3n) is 6.77. The normalized spacial score (nSPS) is 14.5. The van der Waals surface area contributed by atoms with Crippen molar-refractivity contribution in [1.29, 1.82) is 0 Å². The largest absolute Gasteiger partial charge is 0.494 e. The summed E-state index contributed by atoms with van der Waals surface area (Å²) < 4.78 is 45.3. The van der Waals surface area contributed by atoms with Crippen molar-refractivity contribution in [2.45, 2.75) is 17.2 Å². The van der Waals surface area contributed by atoms with Gasteiger partial charge in [0.2, 0.25) is 0 Å². The van der Waals surface area contributed by atoms with Crippen LogP contribution < -0.4 is 4.74 Å². The fourth-order valence-electron chi connectivity index (χ4n) is 4.73. The maximum Gasteiger partial charge on any atom is 0.253 e. The van der Waals surface area contributed by atoms with Gasteiger partial charge in [-0.2, -0.15) is 0 Å². The Hall–Kier alpha value is -3.82. The number of halogens is 1. The second-order valence-electron chi connectivity index (χ2n) is 9.32. The Morgan fingerprint density at radius 3 is 2.37 bits per heavy atom. The van der Waals surface area contributed by atoms with E-state index in [1.165, 1.54) is 13.2 Å². The molecule has 0 N–H and O–H groups in total. The first-order valence-electron chi connectivity index (χ1n) is 12.3. The number of fused-ring (bicyclic) bond motifs is 1. The molecule has 0 radical (unpaired) electrons. The van der Waals surface area contributed by atoms with E-state index >= 15 is 0 Å². The summed E-state index contributed by atoms with van der Waals surface area (Å²) in [6.45, 7) is 3.06. The molecule has 1 aliphatic rings. The first-order chi connectivity index (χ1) is 18.3. The lowest BCUT2D eigenvalue weighted by Crippen LogP contribution is -2.48. The molecule has 1 amide bonds. The summed E-state index contributed by atoms with van der Waals surface area (Å²) in [4.78, 5) is 21.5. The zero-order valence-electron chi connectivity index (χ0n) is 21.0. The fourth-order valence-corrected chi connectivity index (χ4v) is 6.26. The molecule has 9 heteroatoms.